The summed E-state index contributed by atoms with van der Waals surface area (Å²) < 4.78 is 0. The molecule has 0 fully saturated rings. The second-order valence-electron chi connectivity index (χ2n) is 2.77. The highest BCUT2D eigenvalue weighted by Crippen LogP contribution is 2.14. The molecule has 4 nitrogen and oxygen atoms in total. The van der Waals surface area contributed by atoms with Crippen molar-refractivity contribution in [2.24, 2.45) is 5.73 Å². The van der Waals surface area contributed by atoms with Gasteiger partial charge >= 0.3 is 0 Å². The Bertz CT molecular complexity index is 233. The molecule has 1 rings (SSSR count). The quantitative estimate of drug-likeness (QED) is 0.502. The molecule has 1 aliphatic rings. The highest BCUT2D eigenvalue weighted by Gasteiger charge is 2.17. The van der Waals surface area contributed by atoms with E-state index in [1.54, 1.807) is 12.2 Å². The summed E-state index contributed by atoms with van der Waals surface area (Å²) >= 11 is 0. The topological polar surface area (TPSA) is 69.2 Å². The zero-order valence-electron chi connectivity index (χ0n) is 6.77. The second-order valence-corrected chi connectivity index (χ2v) is 2.77. The largest absolute Gasteiger partial charge is 0.330 e. The highest BCUT2D eigenvalue weighted by atomic mass is 16.6. The molecule has 0 bridgehead atoms. The first-order valence-corrected chi connectivity index (χ1v) is 3.95. The van der Waals surface area contributed by atoms with Gasteiger partial charge in [-0.1, -0.05) is 17.7 Å². The fourth-order valence-corrected chi connectivity index (χ4v) is 1.16. The summed E-state index contributed by atoms with van der Waals surface area (Å²) in [4.78, 5) is 10.0. The van der Waals surface area contributed by atoms with E-state index in [1.165, 1.54) is 0 Å². The molecule has 0 aromatic heterocycles. The van der Waals surface area contributed by atoms with Gasteiger partial charge in [-0.2, -0.15) is 0 Å². The number of hydrogen-bond acceptors (Lipinski definition) is 3. The molecule has 0 saturated carbocycles. The van der Waals surface area contributed by atoms with Crippen LogP contribution in [0.1, 0.15) is 12.8 Å². The zero-order chi connectivity index (χ0) is 8.97. The lowest BCUT2D eigenvalue weighted by Crippen LogP contribution is -2.17. The molecule has 1 atom stereocenters. The van der Waals surface area contributed by atoms with Crippen LogP contribution < -0.4 is 5.73 Å². The average Bonchev–Trinajstić information content (AvgIpc) is 2.06. The van der Waals surface area contributed by atoms with Gasteiger partial charge in [-0.3, -0.25) is 10.1 Å². The number of rotatable bonds is 3. The molecule has 0 radical (unpaired) electrons. The standard InChI is InChI=1S/C8H12N2O2/c9-6-5-7-1-3-8(4-2-7)10(11)12/h1-3,8H,4-6,9H2. The van der Waals surface area contributed by atoms with Gasteiger partial charge in [0.05, 0.1) is 0 Å². The third kappa shape index (κ3) is 2.17. The van der Waals surface area contributed by atoms with Crippen molar-refractivity contribution in [1.29, 1.82) is 0 Å². The predicted octanol–water partition coefficient (Wildman–Crippen LogP) is 0.867. The van der Waals surface area contributed by atoms with Crippen molar-refractivity contribution in [2.75, 3.05) is 6.54 Å². The van der Waals surface area contributed by atoms with Crippen molar-refractivity contribution in [3.63, 3.8) is 0 Å². The summed E-state index contributed by atoms with van der Waals surface area (Å²) in [5.41, 5.74) is 6.45. The molecule has 0 aromatic rings. The molecule has 0 amide bonds. The molecule has 1 aliphatic carbocycles. The first kappa shape index (κ1) is 8.93. The number of nitro groups is 1. The van der Waals surface area contributed by atoms with Gasteiger partial charge in [0.2, 0.25) is 6.04 Å². The van der Waals surface area contributed by atoms with Crippen molar-refractivity contribution in [2.45, 2.75) is 18.9 Å². The fraction of sp³-hybridized carbons (Fsp3) is 0.500. The third-order valence-corrected chi connectivity index (χ3v) is 1.86. The van der Waals surface area contributed by atoms with Gasteiger partial charge in [0.15, 0.2) is 0 Å². The van der Waals surface area contributed by atoms with Crippen LogP contribution in [-0.4, -0.2) is 17.5 Å². The maximum Gasteiger partial charge on any atom is 0.235 e. The molecule has 2 N–H and O–H groups in total. The number of hydrogen-bond donors (Lipinski definition) is 1. The highest BCUT2D eigenvalue weighted by molar-refractivity contribution is 5.24. The molecule has 0 aromatic carbocycles. The van der Waals surface area contributed by atoms with Crippen molar-refractivity contribution < 1.29 is 4.92 Å². The molecule has 0 spiro atoms. The van der Waals surface area contributed by atoms with Gasteiger partial charge in [0, 0.05) is 11.3 Å². The van der Waals surface area contributed by atoms with Crippen molar-refractivity contribution in [3.05, 3.63) is 33.9 Å². The Morgan fingerprint density at radius 3 is 2.92 bits per heavy atom. The van der Waals surface area contributed by atoms with Crippen LogP contribution in [0.25, 0.3) is 0 Å². The Balaban J connectivity index is 2.49. The van der Waals surface area contributed by atoms with Gasteiger partial charge in [-0.15, -0.1) is 0 Å². The van der Waals surface area contributed by atoms with Gasteiger partial charge < -0.3 is 5.73 Å². The molecule has 4 heteroatoms. The van der Waals surface area contributed by atoms with Crippen molar-refractivity contribution in [1.82, 2.24) is 0 Å². The van der Waals surface area contributed by atoms with Gasteiger partial charge in [0.25, 0.3) is 0 Å². The first-order chi connectivity index (χ1) is 5.74. The third-order valence-electron chi connectivity index (χ3n) is 1.86. The van der Waals surface area contributed by atoms with Crippen LogP contribution in [0.3, 0.4) is 0 Å². The summed E-state index contributed by atoms with van der Waals surface area (Å²) in [5.74, 6) is 0. The van der Waals surface area contributed by atoms with Crippen LogP contribution in [0.4, 0.5) is 0 Å². The molecule has 0 aliphatic heterocycles. The van der Waals surface area contributed by atoms with Crippen LogP contribution in [-0.2, 0) is 0 Å². The van der Waals surface area contributed by atoms with E-state index in [2.05, 4.69) is 0 Å². The van der Waals surface area contributed by atoms with Gasteiger partial charge in [-0.25, -0.2) is 0 Å². The van der Waals surface area contributed by atoms with E-state index in [0.29, 0.717) is 13.0 Å². The molecule has 1 unspecified atom stereocenters. The summed E-state index contributed by atoms with van der Waals surface area (Å²) in [6, 6.07) is -0.536. The number of nitrogens with zero attached hydrogens (tertiary/aromatic N) is 1. The van der Waals surface area contributed by atoms with E-state index >= 15 is 0 Å². The average molecular weight is 168 g/mol. The Hall–Kier alpha value is -1.16. The molecular formula is C8H12N2O2. The van der Waals surface area contributed by atoms with Gasteiger partial charge in [0.1, 0.15) is 0 Å². The predicted molar refractivity (Wildman–Crippen MR) is 46.3 cm³/mol. The maximum atomic E-state index is 10.3. The SMILES string of the molecule is NCCC1=CCC([N+](=O)[O-])C=C1. The van der Waals surface area contributed by atoms with E-state index < -0.39 is 6.04 Å². The Labute approximate surface area is 70.9 Å². The molecule has 0 saturated heterocycles. The van der Waals surface area contributed by atoms with Gasteiger partial charge in [-0.05, 0) is 19.0 Å². The molecular weight excluding hydrogens is 156 g/mol. The lowest BCUT2D eigenvalue weighted by atomic mass is 10.0. The van der Waals surface area contributed by atoms with Crippen LogP contribution in [0.15, 0.2) is 23.8 Å². The van der Waals surface area contributed by atoms with Crippen LogP contribution in [0, 0.1) is 10.1 Å². The minimum Gasteiger partial charge on any atom is -0.330 e. The minimum absolute atomic E-state index is 0.272. The zero-order valence-corrected chi connectivity index (χ0v) is 6.77. The van der Waals surface area contributed by atoms with Crippen LogP contribution >= 0.6 is 0 Å². The maximum absolute atomic E-state index is 10.3. The van der Waals surface area contributed by atoms with E-state index in [-0.39, 0.29) is 4.92 Å². The van der Waals surface area contributed by atoms with E-state index in [9.17, 15) is 10.1 Å². The van der Waals surface area contributed by atoms with Crippen molar-refractivity contribution >= 4 is 0 Å². The molecule has 66 valence electrons. The molecule has 0 heterocycles. The van der Waals surface area contributed by atoms with E-state index in [0.717, 1.165) is 12.0 Å². The smallest absolute Gasteiger partial charge is 0.235 e. The lowest BCUT2D eigenvalue weighted by molar-refractivity contribution is -0.508. The summed E-state index contributed by atoms with van der Waals surface area (Å²) in [7, 11) is 0. The van der Waals surface area contributed by atoms with E-state index in [4.69, 9.17) is 5.73 Å². The second kappa shape index (κ2) is 4.01. The minimum atomic E-state index is -0.536. The van der Waals surface area contributed by atoms with Crippen LogP contribution in [0.5, 0.6) is 0 Å². The van der Waals surface area contributed by atoms with Crippen LogP contribution in [0.2, 0.25) is 0 Å². The summed E-state index contributed by atoms with van der Waals surface area (Å²) in [6.07, 6.45) is 6.62. The Morgan fingerprint density at radius 1 is 1.75 bits per heavy atom. The summed E-state index contributed by atoms with van der Waals surface area (Å²) in [6.45, 7) is 0.597. The number of allylic oxidation sites excluding steroid dienone is 1. The van der Waals surface area contributed by atoms with E-state index in [1.807, 2.05) is 6.08 Å². The first-order valence-electron chi connectivity index (χ1n) is 3.95. The summed E-state index contributed by atoms with van der Waals surface area (Å²) in [5, 5.41) is 10.3. The fourth-order valence-electron chi connectivity index (χ4n) is 1.16. The van der Waals surface area contributed by atoms with Crippen molar-refractivity contribution in [3.8, 4) is 0 Å². The Kier molecular flexibility index (Phi) is 2.99. The monoisotopic (exact) mass is 168 g/mol. The normalized spacial score (nSPS) is 22.1. The molecule has 12 heavy (non-hydrogen) atoms. The number of nitrogens with two attached hydrogens (primary N) is 1. The lowest BCUT2D eigenvalue weighted by Gasteiger charge is -2.08. The Morgan fingerprint density at radius 2 is 2.50 bits per heavy atom.